The largest absolute Gasteiger partial charge is 0.368 e. The molecular weight excluding hydrogens is 250 g/mol. The molecule has 5 heteroatoms. The molecule has 2 N–H and O–H groups in total. The van der Waals surface area contributed by atoms with Crippen LogP contribution in [0.2, 0.25) is 0 Å². The Hall–Kier alpha value is -1.36. The number of aromatic nitrogens is 2. The minimum absolute atomic E-state index is 0.394. The minimum atomic E-state index is 0.394. The fraction of sp³-hybridized carbons (Fsp3) is 0.733. The number of aryl methyl sites for hydroxylation is 1. The van der Waals surface area contributed by atoms with Gasteiger partial charge in [-0.1, -0.05) is 13.3 Å². The van der Waals surface area contributed by atoms with Crippen molar-refractivity contribution in [2.45, 2.75) is 45.6 Å². The van der Waals surface area contributed by atoms with Gasteiger partial charge in [-0.25, -0.2) is 4.98 Å². The number of hydrogen-bond acceptors (Lipinski definition) is 5. The zero-order valence-corrected chi connectivity index (χ0v) is 13.2. The molecule has 1 fully saturated rings. The number of nitrogens with two attached hydrogens (primary N) is 1. The third kappa shape index (κ3) is 3.20. The number of rotatable bonds is 5. The molecule has 0 bridgehead atoms. The zero-order chi connectivity index (χ0) is 14.7. The van der Waals surface area contributed by atoms with Crippen molar-refractivity contribution < 1.29 is 0 Å². The van der Waals surface area contributed by atoms with E-state index in [1.54, 1.807) is 0 Å². The summed E-state index contributed by atoms with van der Waals surface area (Å²) in [5.74, 6) is 1.46. The third-order valence-electron chi connectivity index (χ3n) is 4.18. The summed E-state index contributed by atoms with van der Waals surface area (Å²) in [6.07, 6.45) is 4.58. The van der Waals surface area contributed by atoms with Crippen LogP contribution < -0.4 is 10.6 Å². The van der Waals surface area contributed by atoms with E-state index < -0.39 is 0 Å². The van der Waals surface area contributed by atoms with Gasteiger partial charge in [-0.15, -0.1) is 0 Å². The average molecular weight is 277 g/mol. The highest BCUT2D eigenvalue weighted by Crippen LogP contribution is 2.27. The van der Waals surface area contributed by atoms with E-state index in [0.717, 1.165) is 31.0 Å². The quantitative estimate of drug-likeness (QED) is 0.890. The van der Waals surface area contributed by atoms with Crippen molar-refractivity contribution in [1.82, 2.24) is 14.9 Å². The van der Waals surface area contributed by atoms with Gasteiger partial charge >= 0.3 is 0 Å². The van der Waals surface area contributed by atoms with Crippen LogP contribution in [-0.4, -0.2) is 48.1 Å². The first-order valence-corrected chi connectivity index (χ1v) is 7.57. The van der Waals surface area contributed by atoms with Crippen molar-refractivity contribution in [3.8, 4) is 0 Å². The molecule has 2 heterocycles. The molecular formula is C15H27N5. The highest BCUT2D eigenvalue weighted by molar-refractivity contribution is 5.52. The monoisotopic (exact) mass is 277 g/mol. The molecule has 0 aromatic carbocycles. The molecule has 0 radical (unpaired) electrons. The summed E-state index contributed by atoms with van der Waals surface area (Å²) in [4.78, 5) is 13.5. The van der Waals surface area contributed by atoms with Gasteiger partial charge in [0.15, 0.2) is 0 Å². The van der Waals surface area contributed by atoms with Gasteiger partial charge in [0.1, 0.15) is 5.82 Å². The van der Waals surface area contributed by atoms with Crippen LogP contribution in [0.5, 0.6) is 0 Å². The summed E-state index contributed by atoms with van der Waals surface area (Å²) in [6.45, 7) is 6.34. The van der Waals surface area contributed by atoms with Crippen LogP contribution in [-0.2, 0) is 6.42 Å². The van der Waals surface area contributed by atoms with Gasteiger partial charge in [-0.3, -0.25) is 0 Å². The smallest absolute Gasteiger partial charge is 0.222 e. The van der Waals surface area contributed by atoms with E-state index in [-0.39, 0.29) is 0 Å². The molecule has 2 rings (SSSR count). The number of hydrogen-bond donors (Lipinski definition) is 1. The third-order valence-corrected chi connectivity index (χ3v) is 4.18. The van der Waals surface area contributed by atoms with Gasteiger partial charge in [0.2, 0.25) is 5.95 Å². The van der Waals surface area contributed by atoms with Crippen LogP contribution in [0.4, 0.5) is 11.8 Å². The summed E-state index contributed by atoms with van der Waals surface area (Å²) in [5, 5.41) is 0. The van der Waals surface area contributed by atoms with E-state index in [1.165, 1.54) is 24.8 Å². The Bertz CT molecular complexity index is 458. The van der Waals surface area contributed by atoms with E-state index in [4.69, 9.17) is 5.73 Å². The van der Waals surface area contributed by atoms with Crippen LogP contribution >= 0.6 is 0 Å². The Balaban J connectivity index is 2.25. The van der Waals surface area contributed by atoms with Crippen molar-refractivity contribution in [3.63, 3.8) is 0 Å². The second-order valence-corrected chi connectivity index (χ2v) is 5.93. The molecule has 1 unspecified atom stereocenters. The predicted molar refractivity (Wildman–Crippen MR) is 84.1 cm³/mol. The van der Waals surface area contributed by atoms with Crippen molar-refractivity contribution in [3.05, 3.63) is 11.3 Å². The first-order chi connectivity index (χ1) is 9.52. The summed E-state index contributed by atoms with van der Waals surface area (Å²) in [5.41, 5.74) is 8.17. The van der Waals surface area contributed by atoms with Gasteiger partial charge in [0.25, 0.3) is 0 Å². The Morgan fingerprint density at radius 3 is 2.70 bits per heavy atom. The van der Waals surface area contributed by atoms with Gasteiger partial charge in [0, 0.05) is 30.4 Å². The van der Waals surface area contributed by atoms with Gasteiger partial charge in [0.05, 0.1) is 0 Å². The highest BCUT2D eigenvalue weighted by Gasteiger charge is 2.27. The molecule has 5 nitrogen and oxygen atoms in total. The Kier molecular flexibility index (Phi) is 4.81. The molecule has 1 aromatic heterocycles. The summed E-state index contributed by atoms with van der Waals surface area (Å²) >= 11 is 0. The molecule has 1 aliphatic heterocycles. The van der Waals surface area contributed by atoms with Crippen LogP contribution in [0.3, 0.4) is 0 Å². The second kappa shape index (κ2) is 6.39. The van der Waals surface area contributed by atoms with Crippen LogP contribution in [0, 0.1) is 6.92 Å². The molecule has 0 saturated carbocycles. The molecule has 20 heavy (non-hydrogen) atoms. The van der Waals surface area contributed by atoms with Crippen molar-refractivity contribution >= 4 is 11.8 Å². The lowest BCUT2D eigenvalue weighted by Gasteiger charge is -2.24. The number of nitrogen functional groups attached to an aromatic ring is 1. The van der Waals surface area contributed by atoms with E-state index >= 15 is 0 Å². The summed E-state index contributed by atoms with van der Waals surface area (Å²) in [7, 11) is 4.29. The number of likely N-dealkylation sites (N-methyl/N-ethyl adjacent to an activating group) is 1. The Morgan fingerprint density at radius 2 is 2.10 bits per heavy atom. The van der Waals surface area contributed by atoms with Gasteiger partial charge in [-0.2, -0.15) is 4.98 Å². The van der Waals surface area contributed by atoms with E-state index in [0.29, 0.717) is 12.0 Å². The minimum Gasteiger partial charge on any atom is -0.368 e. The van der Waals surface area contributed by atoms with Gasteiger partial charge < -0.3 is 15.5 Å². The average Bonchev–Trinajstić information content (AvgIpc) is 2.86. The van der Waals surface area contributed by atoms with Crippen molar-refractivity contribution in [2.75, 3.05) is 37.8 Å². The molecule has 1 atom stereocenters. The fourth-order valence-corrected chi connectivity index (χ4v) is 2.87. The SMILES string of the molecule is CCCCc1c(C)nc(N)nc1N1CCC(N(C)C)C1. The molecule has 0 aliphatic carbocycles. The maximum absolute atomic E-state index is 5.86. The maximum Gasteiger partial charge on any atom is 0.222 e. The first kappa shape index (κ1) is 15.0. The maximum atomic E-state index is 5.86. The van der Waals surface area contributed by atoms with Crippen LogP contribution in [0.1, 0.15) is 37.4 Å². The molecule has 1 saturated heterocycles. The van der Waals surface area contributed by atoms with Crippen LogP contribution in [0.15, 0.2) is 0 Å². The van der Waals surface area contributed by atoms with Crippen LogP contribution in [0.25, 0.3) is 0 Å². The first-order valence-electron chi connectivity index (χ1n) is 7.57. The molecule has 1 aliphatic rings. The van der Waals surface area contributed by atoms with Crippen molar-refractivity contribution in [1.29, 1.82) is 0 Å². The lowest BCUT2D eigenvalue weighted by atomic mass is 10.1. The van der Waals surface area contributed by atoms with E-state index in [9.17, 15) is 0 Å². The van der Waals surface area contributed by atoms with E-state index in [2.05, 4.69) is 40.8 Å². The van der Waals surface area contributed by atoms with Crippen molar-refractivity contribution in [2.24, 2.45) is 0 Å². The van der Waals surface area contributed by atoms with Gasteiger partial charge in [-0.05, 0) is 40.3 Å². The lowest BCUT2D eigenvalue weighted by molar-refractivity contribution is 0.315. The topological polar surface area (TPSA) is 58.3 Å². The summed E-state index contributed by atoms with van der Waals surface area (Å²) in [6, 6.07) is 0.602. The lowest BCUT2D eigenvalue weighted by Crippen LogP contribution is -2.32. The molecule has 0 spiro atoms. The number of unbranched alkanes of at least 4 members (excludes halogenated alkanes) is 1. The standard InChI is InChI=1S/C15H27N5/c1-5-6-7-13-11(2)17-15(16)18-14(13)20-9-8-12(10-20)19(3)4/h12H,5-10H2,1-4H3,(H2,16,17,18). The highest BCUT2D eigenvalue weighted by atomic mass is 15.3. The molecule has 1 aromatic rings. The molecule has 112 valence electrons. The zero-order valence-electron chi connectivity index (χ0n) is 13.2. The summed E-state index contributed by atoms with van der Waals surface area (Å²) < 4.78 is 0. The normalized spacial score (nSPS) is 19.1. The second-order valence-electron chi connectivity index (χ2n) is 5.93. The number of anilines is 2. The Labute approximate surface area is 122 Å². The predicted octanol–water partition coefficient (Wildman–Crippen LogP) is 1.85. The number of nitrogens with zero attached hydrogens (tertiary/aromatic N) is 4. The molecule has 0 amide bonds. The van der Waals surface area contributed by atoms with E-state index in [1.807, 2.05) is 6.92 Å². The Morgan fingerprint density at radius 1 is 1.35 bits per heavy atom. The fourth-order valence-electron chi connectivity index (χ4n) is 2.87.